The van der Waals surface area contributed by atoms with E-state index < -0.39 is 0 Å². The fourth-order valence-corrected chi connectivity index (χ4v) is 4.05. The van der Waals surface area contributed by atoms with Gasteiger partial charge in [-0.3, -0.25) is 4.99 Å². The minimum Gasteiger partial charge on any atom is -0.369 e. The highest BCUT2D eigenvalue weighted by Crippen LogP contribution is 2.44. The van der Waals surface area contributed by atoms with Crippen LogP contribution in [0.1, 0.15) is 44.6 Å². The van der Waals surface area contributed by atoms with Gasteiger partial charge in [-0.1, -0.05) is 43.9 Å². The van der Waals surface area contributed by atoms with Crippen LogP contribution >= 0.6 is 0 Å². The third-order valence-electron chi connectivity index (χ3n) is 5.15. The quantitative estimate of drug-likeness (QED) is 0.895. The number of anilines is 1. The number of hydrogen-bond donors (Lipinski definition) is 1. The Morgan fingerprint density at radius 2 is 2.05 bits per heavy atom. The summed E-state index contributed by atoms with van der Waals surface area (Å²) in [5.41, 5.74) is 8.87. The van der Waals surface area contributed by atoms with Gasteiger partial charge in [0, 0.05) is 5.69 Å². The number of rotatable bonds is 2. The van der Waals surface area contributed by atoms with E-state index >= 15 is 0 Å². The molecule has 3 rings (SSSR count). The molecule has 2 N–H and O–H groups in total. The van der Waals surface area contributed by atoms with Gasteiger partial charge >= 0.3 is 0 Å². The Balaban J connectivity index is 2.00. The highest BCUT2D eigenvalue weighted by molar-refractivity contribution is 5.98. The lowest BCUT2D eigenvalue weighted by molar-refractivity contribution is 0.201. The van der Waals surface area contributed by atoms with E-state index in [4.69, 9.17) is 5.73 Å². The Kier molecular flexibility index (Phi) is 3.45. The van der Waals surface area contributed by atoms with E-state index in [1.54, 1.807) is 0 Å². The van der Waals surface area contributed by atoms with Crippen molar-refractivity contribution in [3.63, 3.8) is 0 Å². The van der Waals surface area contributed by atoms with Gasteiger partial charge in [0.25, 0.3) is 0 Å². The number of nitrogens with zero attached hydrogens (tertiary/aromatic N) is 2. The van der Waals surface area contributed by atoms with Crippen LogP contribution in [0.3, 0.4) is 0 Å². The van der Waals surface area contributed by atoms with Crippen LogP contribution in [0.4, 0.5) is 5.69 Å². The molecule has 0 radical (unpaired) electrons. The van der Waals surface area contributed by atoms with Crippen LogP contribution in [0.2, 0.25) is 0 Å². The van der Waals surface area contributed by atoms with Crippen LogP contribution in [0.5, 0.6) is 0 Å². The van der Waals surface area contributed by atoms with Crippen molar-refractivity contribution in [3.05, 3.63) is 29.8 Å². The highest BCUT2D eigenvalue weighted by atomic mass is 15.4. The minimum atomic E-state index is 0.131. The van der Waals surface area contributed by atoms with Crippen LogP contribution in [-0.2, 0) is 0 Å². The summed E-state index contributed by atoms with van der Waals surface area (Å²) in [6.07, 6.45) is 6.37. The molecule has 1 aromatic rings. The summed E-state index contributed by atoms with van der Waals surface area (Å²) >= 11 is 0. The topological polar surface area (TPSA) is 41.6 Å². The molecule has 1 saturated carbocycles. The smallest absolute Gasteiger partial charge is 0.196 e. The SMILES string of the molecule is CCC1CCCCC12CN=C(N)N2c1ccc(C)cc1. The highest BCUT2D eigenvalue weighted by Gasteiger charge is 2.49. The normalized spacial score (nSPS) is 29.8. The Morgan fingerprint density at radius 3 is 2.75 bits per heavy atom. The summed E-state index contributed by atoms with van der Waals surface area (Å²) in [4.78, 5) is 6.94. The Hall–Kier alpha value is -1.51. The summed E-state index contributed by atoms with van der Waals surface area (Å²) in [5.74, 6) is 1.40. The predicted molar refractivity (Wildman–Crippen MR) is 85.1 cm³/mol. The van der Waals surface area contributed by atoms with Crippen molar-refractivity contribution in [1.29, 1.82) is 0 Å². The molecule has 0 aromatic heterocycles. The fourth-order valence-electron chi connectivity index (χ4n) is 4.05. The molecule has 2 unspecified atom stereocenters. The summed E-state index contributed by atoms with van der Waals surface area (Å²) in [7, 11) is 0. The lowest BCUT2D eigenvalue weighted by Gasteiger charge is -2.47. The Bertz CT molecular complexity index is 505. The number of guanidine groups is 1. The molecule has 1 aliphatic carbocycles. The maximum absolute atomic E-state index is 6.25. The van der Waals surface area contributed by atoms with E-state index in [0.717, 1.165) is 6.54 Å². The van der Waals surface area contributed by atoms with E-state index in [1.807, 2.05) is 0 Å². The number of hydrogen-bond acceptors (Lipinski definition) is 3. The van der Waals surface area contributed by atoms with Crippen LogP contribution in [0.15, 0.2) is 29.3 Å². The molecule has 20 heavy (non-hydrogen) atoms. The monoisotopic (exact) mass is 271 g/mol. The van der Waals surface area contributed by atoms with Crippen molar-refractivity contribution in [2.24, 2.45) is 16.6 Å². The molecule has 2 aliphatic rings. The molecule has 0 saturated heterocycles. The molecule has 0 amide bonds. The molecule has 1 aromatic carbocycles. The molecule has 0 bridgehead atoms. The number of aryl methyl sites for hydroxylation is 1. The molecule has 1 spiro atoms. The van der Waals surface area contributed by atoms with Gasteiger partial charge in [-0.2, -0.15) is 0 Å². The van der Waals surface area contributed by atoms with Crippen molar-refractivity contribution in [3.8, 4) is 0 Å². The summed E-state index contributed by atoms with van der Waals surface area (Å²) < 4.78 is 0. The van der Waals surface area contributed by atoms with E-state index in [0.29, 0.717) is 11.9 Å². The maximum atomic E-state index is 6.25. The maximum Gasteiger partial charge on any atom is 0.196 e. The third kappa shape index (κ3) is 2.00. The number of nitrogens with two attached hydrogens (primary N) is 1. The first-order valence-corrected chi connectivity index (χ1v) is 7.84. The van der Waals surface area contributed by atoms with E-state index in [1.165, 1.54) is 43.4 Å². The van der Waals surface area contributed by atoms with E-state index in [9.17, 15) is 0 Å². The van der Waals surface area contributed by atoms with Crippen LogP contribution in [0.25, 0.3) is 0 Å². The molecular formula is C17H25N3. The van der Waals surface area contributed by atoms with Gasteiger partial charge in [0.1, 0.15) is 0 Å². The standard InChI is InChI=1S/C17H25N3/c1-3-14-6-4-5-11-17(14)12-19-16(18)20(17)15-9-7-13(2)8-10-15/h7-10,14H,3-6,11-12H2,1-2H3,(H2,18,19). The second-order valence-electron chi connectivity index (χ2n) is 6.30. The average molecular weight is 271 g/mol. The second kappa shape index (κ2) is 5.12. The largest absolute Gasteiger partial charge is 0.369 e. The first-order chi connectivity index (χ1) is 9.67. The molecule has 2 atom stereocenters. The van der Waals surface area contributed by atoms with Gasteiger partial charge in [0.2, 0.25) is 0 Å². The zero-order valence-corrected chi connectivity index (χ0v) is 12.6. The predicted octanol–water partition coefficient (Wildman–Crippen LogP) is 3.47. The van der Waals surface area contributed by atoms with Crippen molar-refractivity contribution < 1.29 is 0 Å². The van der Waals surface area contributed by atoms with Gasteiger partial charge in [-0.05, 0) is 37.8 Å². The second-order valence-corrected chi connectivity index (χ2v) is 6.30. The minimum absolute atomic E-state index is 0.131. The van der Waals surface area contributed by atoms with Gasteiger partial charge in [0.05, 0.1) is 12.1 Å². The van der Waals surface area contributed by atoms with Gasteiger partial charge < -0.3 is 10.6 Å². The van der Waals surface area contributed by atoms with Crippen molar-refractivity contribution >= 4 is 11.6 Å². The number of aliphatic imine (C=N–C) groups is 1. The van der Waals surface area contributed by atoms with Crippen molar-refractivity contribution in [2.45, 2.75) is 51.5 Å². The zero-order valence-electron chi connectivity index (χ0n) is 12.6. The first-order valence-electron chi connectivity index (χ1n) is 7.84. The van der Waals surface area contributed by atoms with Crippen LogP contribution in [-0.4, -0.2) is 18.0 Å². The zero-order chi connectivity index (χ0) is 14.2. The lowest BCUT2D eigenvalue weighted by Crippen LogP contribution is -2.57. The van der Waals surface area contributed by atoms with E-state index in [2.05, 4.69) is 48.0 Å². The molecule has 1 aliphatic heterocycles. The number of benzene rings is 1. The summed E-state index contributed by atoms with van der Waals surface area (Å²) in [5, 5.41) is 0. The van der Waals surface area contributed by atoms with Gasteiger partial charge in [-0.15, -0.1) is 0 Å². The Labute approximate surface area is 121 Å². The van der Waals surface area contributed by atoms with E-state index in [-0.39, 0.29) is 5.54 Å². The Morgan fingerprint density at radius 1 is 1.30 bits per heavy atom. The van der Waals surface area contributed by atoms with Gasteiger partial charge in [-0.25, -0.2) is 0 Å². The van der Waals surface area contributed by atoms with Gasteiger partial charge in [0.15, 0.2) is 5.96 Å². The fraction of sp³-hybridized carbons (Fsp3) is 0.588. The summed E-state index contributed by atoms with van der Waals surface area (Å²) in [6.45, 7) is 5.29. The molecular weight excluding hydrogens is 246 g/mol. The van der Waals surface area contributed by atoms with Crippen molar-refractivity contribution in [1.82, 2.24) is 0 Å². The molecule has 1 heterocycles. The third-order valence-corrected chi connectivity index (χ3v) is 5.15. The average Bonchev–Trinajstić information content (AvgIpc) is 2.78. The van der Waals surface area contributed by atoms with Crippen molar-refractivity contribution in [2.75, 3.05) is 11.4 Å². The van der Waals surface area contributed by atoms with Crippen LogP contribution in [0, 0.1) is 12.8 Å². The molecule has 108 valence electrons. The molecule has 3 nitrogen and oxygen atoms in total. The molecule has 3 heteroatoms. The summed E-state index contributed by atoms with van der Waals surface area (Å²) in [6, 6.07) is 8.70. The lowest BCUT2D eigenvalue weighted by atomic mass is 9.70. The van der Waals surface area contributed by atoms with Crippen LogP contribution < -0.4 is 10.6 Å². The molecule has 1 fully saturated rings. The first kappa shape index (κ1) is 13.5.